The third-order valence-corrected chi connectivity index (χ3v) is 2.69. The molecule has 0 saturated heterocycles. The minimum absolute atomic E-state index is 0.651. The minimum atomic E-state index is 0.651. The fourth-order valence-electron chi connectivity index (χ4n) is 1.81. The van der Waals surface area contributed by atoms with Gasteiger partial charge in [-0.2, -0.15) is 0 Å². The Balaban J connectivity index is 2.16. The van der Waals surface area contributed by atoms with Crippen molar-refractivity contribution in [2.75, 3.05) is 0 Å². The van der Waals surface area contributed by atoms with Gasteiger partial charge in [-0.15, -0.1) is 0 Å². The van der Waals surface area contributed by atoms with Gasteiger partial charge in [0.1, 0.15) is 11.8 Å². The molecule has 3 rings (SSSR count). The number of carbonyl (C=O) groups excluding carboxylic acids is 1. The summed E-state index contributed by atoms with van der Waals surface area (Å²) in [4.78, 5) is 10.6. The van der Waals surface area contributed by atoms with Gasteiger partial charge >= 0.3 is 0 Å². The predicted molar refractivity (Wildman–Crippen MR) is 64.8 cm³/mol. The Morgan fingerprint density at radius 1 is 1.00 bits per heavy atom. The summed E-state index contributed by atoms with van der Waals surface area (Å²) in [5, 5.41) is 4.97. The molecule has 0 N–H and O–H groups in total. The molecule has 0 bridgehead atoms. The van der Waals surface area contributed by atoms with Crippen molar-refractivity contribution in [2.45, 2.75) is 0 Å². The van der Waals surface area contributed by atoms with Crippen molar-refractivity contribution in [1.29, 1.82) is 0 Å². The fraction of sp³-hybridized carbons (Fsp3) is 0. The monoisotopic (exact) mass is 223 g/mol. The van der Waals surface area contributed by atoms with E-state index in [1.165, 1.54) is 0 Å². The molecule has 0 radical (unpaired) electrons. The average Bonchev–Trinajstić information content (AvgIpc) is 2.83. The Morgan fingerprint density at radius 2 is 1.76 bits per heavy atom. The van der Waals surface area contributed by atoms with E-state index in [1.807, 2.05) is 36.4 Å². The Labute approximate surface area is 97.7 Å². The largest absolute Gasteiger partial charge is 0.355 e. The molecule has 0 spiro atoms. The molecular formula is C14H9NO2. The molecule has 1 aromatic heterocycles. The summed E-state index contributed by atoms with van der Waals surface area (Å²) in [6.45, 7) is 0. The van der Waals surface area contributed by atoms with E-state index in [1.54, 1.807) is 12.1 Å². The zero-order valence-electron chi connectivity index (χ0n) is 8.96. The van der Waals surface area contributed by atoms with Gasteiger partial charge in [0, 0.05) is 16.5 Å². The zero-order chi connectivity index (χ0) is 11.7. The summed E-state index contributed by atoms with van der Waals surface area (Å²) in [5.41, 5.74) is 2.41. The zero-order valence-corrected chi connectivity index (χ0v) is 8.96. The maximum atomic E-state index is 10.6. The number of fused-ring (bicyclic) bond motifs is 1. The van der Waals surface area contributed by atoms with Crippen LogP contribution in [0.4, 0.5) is 0 Å². The van der Waals surface area contributed by atoms with E-state index < -0.39 is 0 Å². The molecule has 0 saturated carbocycles. The molecule has 17 heavy (non-hydrogen) atoms. The maximum Gasteiger partial charge on any atom is 0.174 e. The third-order valence-electron chi connectivity index (χ3n) is 2.69. The Bertz CT molecular complexity index is 668. The van der Waals surface area contributed by atoms with Gasteiger partial charge in [-0.3, -0.25) is 4.79 Å². The first-order valence-corrected chi connectivity index (χ1v) is 5.28. The number of hydrogen-bond donors (Lipinski definition) is 0. The standard InChI is InChI=1S/C14H9NO2/c16-9-10-5-7-11(8-6-10)14-12-3-1-2-4-13(12)15-17-14/h1-9H. The fourth-order valence-corrected chi connectivity index (χ4v) is 1.81. The Kier molecular flexibility index (Phi) is 2.22. The summed E-state index contributed by atoms with van der Waals surface area (Å²) in [7, 11) is 0. The molecule has 1 heterocycles. The van der Waals surface area contributed by atoms with Crippen LogP contribution in [-0.2, 0) is 0 Å². The molecule has 0 fully saturated rings. The van der Waals surface area contributed by atoms with Crippen LogP contribution in [0.3, 0.4) is 0 Å². The van der Waals surface area contributed by atoms with Crippen molar-refractivity contribution in [3.05, 3.63) is 54.1 Å². The van der Waals surface area contributed by atoms with Crippen LogP contribution in [0, 0.1) is 0 Å². The van der Waals surface area contributed by atoms with Gasteiger partial charge in [0.25, 0.3) is 0 Å². The number of rotatable bonds is 2. The van der Waals surface area contributed by atoms with E-state index in [4.69, 9.17) is 4.52 Å². The van der Waals surface area contributed by atoms with Gasteiger partial charge < -0.3 is 4.52 Å². The molecule has 3 nitrogen and oxygen atoms in total. The molecule has 2 aromatic carbocycles. The molecule has 0 aliphatic carbocycles. The van der Waals surface area contributed by atoms with Gasteiger partial charge in [-0.25, -0.2) is 0 Å². The second-order valence-electron chi connectivity index (χ2n) is 3.77. The summed E-state index contributed by atoms with van der Waals surface area (Å²) in [6.07, 6.45) is 0.822. The molecule has 0 atom stereocenters. The van der Waals surface area contributed by atoms with E-state index >= 15 is 0 Å². The second kappa shape index (κ2) is 3.87. The first-order chi connectivity index (χ1) is 8.38. The van der Waals surface area contributed by atoms with Crippen LogP contribution < -0.4 is 0 Å². The average molecular weight is 223 g/mol. The maximum absolute atomic E-state index is 10.6. The highest BCUT2D eigenvalue weighted by Gasteiger charge is 2.09. The van der Waals surface area contributed by atoms with Crippen LogP contribution in [0.5, 0.6) is 0 Å². The van der Waals surface area contributed by atoms with Crippen molar-refractivity contribution < 1.29 is 9.32 Å². The lowest BCUT2D eigenvalue weighted by molar-refractivity contribution is 0.112. The molecule has 0 amide bonds. The second-order valence-corrected chi connectivity index (χ2v) is 3.77. The lowest BCUT2D eigenvalue weighted by Crippen LogP contribution is -1.80. The van der Waals surface area contributed by atoms with Gasteiger partial charge in [-0.05, 0) is 12.1 Å². The summed E-state index contributed by atoms with van der Waals surface area (Å²) < 4.78 is 5.34. The molecular weight excluding hydrogens is 214 g/mol. The number of benzene rings is 2. The van der Waals surface area contributed by atoms with Gasteiger partial charge in [0.15, 0.2) is 5.76 Å². The molecule has 0 aliphatic heterocycles. The molecule has 0 aliphatic rings. The summed E-state index contributed by atoms with van der Waals surface area (Å²) >= 11 is 0. The Morgan fingerprint density at radius 3 is 2.53 bits per heavy atom. The third kappa shape index (κ3) is 1.61. The van der Waals surface area contributed by atoms with Crippen molar-refractivity contribution >= 4 is 17.2 Å². The quantitative estimate of drug-likeness (QED) is 0.626. The van der Waals surface area contributed by atoms with Gasteiger partial charge in [0.2, 0.25) is 0 Å². The first-order valence-electron chi connectivity index (χ1n) is 5.28. The SMILES string of the molecule is O=Cc1ccc(-c2onc3ccccc23)cc1. The molecule has 3 heteroatoms. The molecule has 82 valence electrons. The van der Waals surface area contributed by atoms with Crippen LogP contribution in [-0.4, -0.2) is 11.4 Å². The topological polar surface area (TPSA) is 43.1 Å². The molecule has 0 unspecified atom stereocenters. The first kappa shape index (κ1) is 9.78. The smallest absolute Gasteiger partial charge is 0.174 e. The van der Waals surface area contributed by atoms with Crippen molar-refractivity contribution in [1.82, 2.24) is 5.16 Å². The number of aldehydes is 1. The van der Waals surface area contributed by atoms with E-state index in [0.717, 1.165) is 28.5 Å². The van der Waals surface area contributed by atoms with Crippen molar-refractivity contribution in [2.24, 2.45) is 0 Å². The highest BCUT2D eigenvalue weighted by atomic mass is 16.5. The van der Waals surface area contributed by atoms with Crippen LogP contribution >= 0.6 is 0 Å². The van der Waals surface area contributed by atoms with E-state index in [0.29, 0.717) is 5.56 Å². The lowest BCUT2D eigenvalue weighted by Gasteiger charge is -1.96. The van der Waals surface area contributed by atoms with Crippen LogP contribution in [0.15, 0.2) is 53.1 Å². The molecule has 3 aromatic rings. The van der Waals surface area contributed by atoms with E-state index in [9.17, 15) is 4.79 Å². The summed E-state index contributed by atoms with van der Waals surface area (Å²) in [5.74, 6) is 0.734. The van der Waals surface area contributed by atoms with Gasteiger partial charge in [0.05, 0.1) is 0 Å². The van der Waals surface area contributed by atoms with Crippen LogP contribution in [0.2, 0.25) is 0 Å². The Hall–Kier alpha value is -2.42. The lowest BCUT2D eigenvalue weighted by atomic mass is 10.1. The number of aromatic nitrogens is 1. The predicted octanol–water partition coefficient (Wildman–Crippen LogP) is 3.31. The highest BCUT2D eigenvalue weighted by Crippen LogP contribution is 2.28. The van der Waals surface area contributed by atoms with Crippen molar-refractivity contribution in [3.8, 4) is 11.3 Å². The highest BCUT2D eigenvalue weighted by molar-refractivity contribution is 5.91. The van der Waals surface area contributed by atoms with E-state index in [-0.39, 0.29) is 0 Å². The normalized spacial score (nSPS) is 10.6. The van der Waals surface area contributed by atoms with Crippen molar-refractivity contribution in [3.63, 3.8) is 0 Å². The number of carbonyl (C=O) groups is 1. The number of hydrogen-bond acceptors (Lipinski definition) is 3. The van der Waals surface area contributed by atoms with E-state index in [2.05, 4.69) is 5.16 Å². The minimum Gasteiger partial charge on any atom is -0.355 e. The van der Waals surface area contributed by atoms with Crippen LogP contribution in [0.1, 0.15) is 10.4 Å². The number of nitrogens with zero attached hydrogens (tertiary/aromatic N) is 1. The van der Waals surface area contributed by atoms with Gasteiger partial charge in [-0.1, -0.05) is 41.6 Å². The van der Waals surface area contributed by atoms with Crippen LogP contribution in [0.25, 0.3) is 22.2 Å². The summed E-state index contributed by atoms with van der Waals surface area (Å²) in [6, 6.07) is 15.0.